The lowest BCUT2D eigenvalue weighted by Gasteiger charge is -2.12. The van der Waals surface area contributed by atoms with Crippen LogP contribution in [-0.2, 0) is 6.42 Å². The van der Waals surface area contributed by atoms with Crippen LogP contribution < -0.4 is 15.8 Å². The van der Waals surface area contributed by atoms with E-state index >= 15 is 0 Å². The smallest absolute Gasteiger partial charge is 0.278 e. The molecule has 1 heterocycles. The molecule has 2 aromatic carbocycles. The van der Waals surface area contributed by atoms with Crippen LogP contribution in [0.1, 0.15) is 21.6 Å². The Labute approximate surface area is 145 Å². The van der Waals surface area contributed by atoms with Crippen molar-refractivity contribution in [2.75, 3.05) is 18.2 Å². The summed E-state index contributed by atoms with van der Waals surface area (Å²) in [7, 11) is 1.63. The van der Waals surface area contributed by atoms with Crippen LogP contribution in [0.2, 0.25) is 0 Å². The quantitative estimate of drug-likeness (QED) is 0.749. The number of aromatic nitrogens is 2. The normalized spacial score (nSPS) is 10.3. The van der Waals surface area contributed by atoms with E-state index in [1.807, 2.05) is 42.5 Å². The summed E-state index contributed by atoms with van der Waals surface area (Å²) in [6, 6.07) is 15.5. The Hall–Kier alpha value is -3.41. The first-order valence-corrected chi connectivity index (χ1v) is 7.76. The van der Waals surface area contributed by atoms with Crippen LogP contribution in [0, 0.1) is 0 Å². The average molecular weight is 334 g/mol. The second-order valence-electron chi connectivity index (χ2n) is 5.43. The molecule has 0 saturated heterocycles. The van der Waals surface area contributed by atoms with E-state index in [4.69, 9.17) is 10.5 Å². The summed E-state index contributed by atoms with van der Waals surface area (Å²) in [6.07, 6.45) is 3.57. The molecule has 0 saturated carbocycles. The molecule has 0 fully saturated rings. The second kappa shape index (κ2) is 7.44. The van der Waals surface area contributed by atoms with E-state index < -0.39 is 5.91 Å². The number of nitrogen functional groups attached to an aromatic ring is 1. The number of ether oxygens (including phenoxy) is 1. The Morgan fingerprint density at radius 2 is 1.88 bits per heavy atom. The maximum absolute atomic E-state index is 12.3. The number of nitrogens with two attached hydrogens (primary N) is 1. The number of benzene rings is 2. The van der Waals surface area contributed by atoms with Crippen molar-refractivity contribution in [2.24, 2.45) is 0 Å². The molecule has 3 aromatic rings. The third-order valence-electron chi connectivity index (χ3n) is 3.72. The van der Waals surface area contributed by atoms with Crippen molar-refractivity contribution < 1.29 is 9.53 Å². The van der Waals surface area contributed by atoms with Gasteiger partial charge in [-0.2, -0.15) is 0 Å². The summed E-state index contributed by atoms with van der Waals surface area (Å²) in [5.41, 5.74) is 8.56. The lowest BCUT2D eigenvalue weighted by Crippen LogP contribution is -2.16. The van der Waals surface area contributed by atoms with Crippen LogP contribution in [-0.4, -0.2) is 23.0 Å². The average Bonchev–Trinajstić information content (AvgIpc) is 2.63. The first-order chi connectivity index (χ1) is 12.2. The van der Waals surface area contributed by atoms with Gasteiger partial charge in [-0.25, -0.2) is 9.97 Å². The molecule has 0 unspecified atom stereocenters. The van der Waals surface area contributed by atoms with Crippen molar-refractivity contribution in [3.63, 3.8) is 0 Å². The molecule has 0 aliphatic carbocycles. The highest BCUT2D eigenvalue weighted by molar-refractivity contribution is 6.05. The number of carbonyl (C=O) groups is 1. The minimum Gasteiger partial charge on any atom is -0.496 e. The van der Waals surface area contributed by atoms with E-state index in [-0.39, 0.29) is 11.5 Å². The van der Waals surface area contributed by atoms with E-state index in [0.29, 0.717) is 12.1 Å². The van der Waals surface area contributed by atoms with Crippen LogP contribution in [0.5, 0.6) is 5.75 Å². The van der Waals surface area contributed by atoms with E-state index in [2.05, 4.69) is 15.3 Å². The van der Waals surface area contributed by atoms with Gasteiger partial charge in [-0.3, -0.25) is 4.79 Å². The number of rotatable bonds is 5. The predicted molar refractivity (Wildman–Crippen MR) is 96.6 cm³/mol. The zero-order chi connectivity index (χ0) is 17.6. The summed E-state index contributed by atoms with van der Waals surface area (Å²) in [5, 5.41) is 2.80. The summed E-state index contributed by atoms with van der Waals surface area (Å²) in [4.78, 5) is 20.2. The van der Waals surface area contributed by atoms with Crippen molar-refractivity contribution in [2.45, 2.75) is 6.42 Å². The summed E-state index contributed by atoms with van der Waals surface area (Å²) in [5.74, 6) is 0.459. The zero-order valence-electron chi connectivity index (χ0n) is 13.8. The lowest BCUT2D eigenvalue weighted by molar-refractivity contribution is 0.102. The highest BCUT2D eigenvalue weighted by Crippen LogP contribution is 2.25. The van der Waals surface area contributed by atoms with Crippen molar-refractivity contribution >= 4 is 17.4 Å². The summed E-state index contributed by atoms with van der Waals surface area (Å²) >= 11 is 0. The van der Waals surface area contributed by atoms with E-state index in [1.165, 1.54) is 12.4 Å². The van der Waals surface area contributed by atoms with Crippen LogP contribution >= 0.6 is 0 Å². The van der Waals surface area contributed by atoms with Gasteiger partial charge >= 0.3 is 0 Å². The minimum absolute atomic E-state index is 0.0954. The molecule has 25 heavy (non-hydrogen) atoms. The highest BCUT2D eigenvalue weighted by atomic mass is 16.5. The Balaban J connectivity index is 1.84. The lowest BCUT2D eigenvalue weighted by atomic mass is 10.0. The fraction of sp³-hybridized carbons (Fsp3) is 0.105. The molecule has 1 amide bonds. The molecule has 6 nitrogen and oxygen atoms in total. The Bertz CT molecular complexity index is 882. The topological polar surface area (TPSA) is 90.1 Å². The van der Waals surface area contributed by atoms with Gasteiger partial charge in [0.1, 0.15) is 5.75 Å². The molecule has 6 heteroatoms. The van der Waals surface area contributed by atoms with Gasteiger partial charge in [0.2, 0.25) is 0 Å². The van der Waals surface area contributed by atoms with Gasteiger partial charge in [-0.15, -0.1) is 0 Å². The molecule has 0 aliphatic heterocycles. The van der Waals surface area contributed by atoms with E-state index in [0.717, 1.165) is 16.9 Å². The number of methoxy groups -OCH3 is 1. The molecule has 3 rings (SSSR count). The summed E-state index contributed by atoms with van der Waals surface area (Å²) in [6.45, 7) is 0. The predicted octanol–water partition coefficient (Wildman–Crippen LogP) is 2.91. The first-order valence-electron chi connectivity index (χ1n) is 7.76. The number of nitrogens with one attached hydrogen (secondary N) is 1. The van der Waals surface area contributed by atoms with Gasteiger partial charge in [0.15, 0.2) is 11.5 Å². The van der Waals surface area contributed by atoms with Crippen LogP contribution in [0.25, 0.3) is 0 Å². The van der Waals surface area contributed by atoms with Gasteiger partial charge in [0.25, 0.3) is 5.91 Å². The second-order valence-corrected chi connectivity index (χ2v) is 5.43. The van der Waals surface area contributed by atoms with Crippen molar-refractivity contribution in [3.8, 4) is 5.75 Å². The number of hydrogen-bond acceptors (Lipinski definition) is 5. The van der Waals surface area contributed by atoms with E-state index in [9.17, 15) is 4.79 Å². The van der Waals surface area contributed by atoms with Gasteiger partial charge in [0.05, 0.1) is 7.11 Å². The number of hydrogen-bond donors (Lipinski definition) is 2. The number of carbonyl (C=O) groups excluding carboxylic acids is 1. The van der Waals surface area contributed by atoms with Crippen LogP contribution in [0.15, 0.2) is 60.9 Å². The SMILES string of the molecule is COc1ccc(NC(=O)c2nccnc2N)cc1Cc1ccccc1. The molecule has 3 N–H and O–H groups in total. The highest BCUT2D eigenvalue weighted by Gasteiger charge is 2.13. The fourth-order valence-electron chi connectivity index (χ4n) is 2.52. The molecule has 1 aromatic heterocycles. The van der Waals surface area contributed by atoms with Crippen molar-refractivity contribution in [1.29, 1.82) is 0 Å². The molecular weight excluding hydrogens is 316 g/mol. The third-order valence-corrected chi connectivity index (χ3v) is 3.72. The number of amides is 1. The molecule has 0 bridgehead atoms. The fourth-order valence-corrected chi connectivity index (χ4v) is 2.52. The van der Waals surface area contributed by atoms with Gasteiger partial charge in [-0.1, -0.05) is 30.3 Å². The van der Waals surface area contributed by atoms with Crippen molar-refractivity contribution in [1.82, 2.24) is 9.97 Å². The van der Waals surface area contributed by atoms with Gasteiger partial charge in [0, 0.05) is 30.1 Å². The zero-order valence-corrected chi connectivity index (χ0v) is 13.8. The Morgan fingerprint density at radius 3 is 2.60 bits per heavy atom. The molecule has 0 atom stereocenters. The van der Waals surface area contributed by atoms with Gasteiger partial charge in [-0.05, 0) is 23.8 Å². The van der Waals surface area contributed by atoms with Crippen molar-refractivity contribution in [3.05, 3.63) is 77.7 Å². The molecule has 0 radical (unpaired) electrons. The Morgan fingerprint density at radius 1 is 1.12 bits per heavy atom. The molecule has 0 spiro atoms. The maximum Gasteiger partial charge on any atom is 0.278 e. The number of anilines is 2. The minimum atomic E-state index is -0.401. The third kappa shape index (κ3) is 3.92. The first kappa shape index (κ1) is 16.4. The molecular formula is C19H18N4O2. The Kier molecular flexibility index (Phi) is 4.89. The van der Waals surface area contributed by atoms with Gasteiger partial charge < -0.3 is 15.8 Å². The largest absolute Gasteiger partial charge is 0.496 e. The van der Waals surface area contributed by atoms with E-state index in [1.54, 1.807) is 13.2 Å². The molecule has 126 valence electrons. The maximum atomic E-state index is 12.3. The van der Waals surface area contributed by atoms with Crippen LogP contribution in [0.4, 0.5) is 11.5 Å². The standard InChI is InChI=1S/C19H18N4O2/c1-25-16-8-7-15(12-14(16)11-13-5-3-2-4-6-13)23-19(24)17-18(20)22-10-9-21-17/h2-10,12H,11H2,1H3,(H2,20,22)(H,23,24). The number of nitrogens with zero attached hydrogens (tertiary/aromatic N) is 2. The monoisotopic (exact) mass is 334 g/mol. The summed E-state index contributed by atoms with van der Waals surface area (Å²) < 4.78 is 5.43. The van der Waals surface area contributed by atoms with Crippen LogP contribution in [0.3, 0.4) is 0 Å². The molecule has 0 aliphatic rings.